The van der Waals surface area contributed by atoms with Gasteiger partial charge in [-0.1, -0.05) is 41.4 Å². The highest BCUT2D eigenvalue weighted by atomic mass is 35.5. The third-order valence-corrected chi connectivity index (χ3v) is 4.04. The molecule has 3 nitrogen and oxygen atoms in total. The molecule has 1 atom stereocenters. The zero-order valence-electron chi connectivity index (χ0n) is 12.1. The molecule has 21 heavy (non-hydrogen) atoms. The molecular formula is C16H19Cl2N3. The van der Waals surface area contributed by atoms with Crippen LogP contribution >= 0.6 is 23.2 Å². The van der Waals surface area contributed by atoms with Crippen molar-refractivity contribution in [3.63, 3.8) is 0 Å². The highest BCUT2D eigenvalue weighted by Gasteiger charge is 2.13. The molecule has 0 aromatic heterocycles. The number of rotatable bonds is 5. The number of nitrogens with one attached hydrogen (secondary N) is 1. The Morgan fingerprint density at radius 2 is 1.76 bits per heavy atom. The van der Waals surface area contributed by atoms with Gasteiger partial charge in [-0.3, -0.25) is 11.3 Å². The van der Waals surface area contributed by atoms with Crippen LogP contribution in [0.3, 0.4) is 0 Å². The van der Waals surface area contributed by atoms with Crippen LogP contribution in [0.4, 0.5) is 5.69 Å². The van der Waals surface area contributed by atoms with E-state index in [0.717, 1.165) is 16.8 Å². The van der Waals surface area contributed by atoms with Crippen LogP contribution in [0, 0.1) is 0 Å². The van der Waals surface area contributed by atoms with Crippen LogP contribution in [0.2, 0.25) is 10.0 Å². The van der Waals surface area contributed by atoms with Crippen LogP contribution in [0.15, 0.2) is 42.5 Å². The fraction of sp³-hybridized carbons (Fsp3) is 0.250. The topological polar surface area (TPSA) is 41.3 Å². The van der Waals surface area contributed by atoms with E-state index in [-0.39, 0.29) is 6.04 Å². The van der Waals surface area contributed by atoms with Gasteiger partial charge in [0.05, 0.1) is 6.04 Å². The van der Waals surface area contributed by atoms with Crippen molar-refractivity contribution in [2.24, 2.45) is 5.84 Å². The molecule has 0 heterocycles. The summed E-state index contributed by atoms with van der Waals surface area (Å²) in [5.41, 5.74) is 6.14. The largest absolute Gasteiger partial charge is 0.378 e. The highest BCUT2D eigenvalue weighted by Crippen LogP contribution is 2.26. The maximum absolute atomic E-state index is 6.23. The molecule has 0 amide bonds. The van der Waals surface area contributed by atoms with Crippen molar-refractivity contribution in [3.8, 4) is 0 Å². The minimum Gasteiger partial charge on any atom is -0.378 e. The molecule has 0 radical (unpaired) electrons. The number of nitrogens with two attached hydrogens (primary N) is 1. The molecule has 0 fully saturated rings. The van der Waals surface area contributed by atoms with Gasteiger partial charge in [-0.15, -0.1) is 0 Å². The van der Waals surface area contributed by atoms with E-state index in [1.54, 1.807) is 6.07 Å². The van der Waals surface area contributed by atoms with Crippen molar-refractivity contribution in [2.75, 3.05) is 19.0 Å². The summed E-state index contributed by atoms with van der Waals surface area (Å²) in [4.78, 5) is 2.06. The number of hydrogen-bond acceptors (Lipinski definition) is 3. The number of hydrogen-bond donors (Lipinski definition) is 2. The lowest BCUT2D eigenvalue weighted by atomic mass is 9.99. The molecule has 2 rings (SSSR count). The van der Waals surface area contributed by atoms with Gasteiger partial charge in [-0.2, -0.15) is 0 Å². The van der Waals surface area contributed by atoms with Gasteiger partial charge in [0, 0.05) is 29.8 Å². The van der Waals surface area contributed by atoms with Gasteiger partial charge in [-0.25, -0.2) is 0 Å². The van der Waals surface area contributed by atoms with Crippen molar-refractivity contribution in [2.45, 2.75) is 12.5 Å². The van der Waals surface area contributed by atoms with E-state index in [1.165, 1.54) is 0 Å². The summed E-state index contributed by atoms with van der Waals surface area (Å²) < 4.78 is 0. The first-order chi connectivity index (χ1) is 10.0. The van der Waals surface area contributed by atoms with Crippen molar-refractivity contribution in [1.29, 1.82) is 0 Å². The number of halogens is 2. The third kappa shape index (κ3) is 4.11. The minimum absolute atomic E-state index is 0.000104. The Hall–Kier alpha value is -1.26. The summed E-state index contributed by atoms with van der Waals surface area (Å²) >= 11 is 12.1. The van der Waals surface area contributed by atoms with Gasteiger partial charge < -0.3 is 4.90 Å². The molecule has 0 saturated carbocycles. The average molecular weight is 324 g/mol. The highest BCUT2D eigenvalue weighted by molar-refractivity contribution is 6.35. The smallest absolute Gasteiger partial charge is 0.0500 e. The number of hydrazine groups is 1. The molecule has 0 saturated heterocycles. The normalized spacial score (nSPS) is 12.2. The summed E-state index contributed by atoms with van der Waals surface area (Å²) in [6.07, 6.45) is 0.702. The van der Waals surface area contributed by atoms with E-state index in [2.05, 4.69) is 34.6 Å². The molecule has 1 unspecified atom stereocenters. The van der Waals surface area contributed by atoms with Crippen molar-refractivity contribution >= 4 is 28.9 Å². The summed E-state index contributed by atoms with van der Waals surface area (Å²) in [5, 5.41) is 1.30. The molecule has 0 aliphatic carbocycles. The van der Waals surface area contributed by atoms with Crippen molar-refractivity contribution < 1.29 is 0 Å². The molecule has 2 aromatic carbocycles. The van der Waals surface area contributed by atoms with E-state index in [1.807, 2.05) is 26.2 Å². The van der Waals surface area contributed by atoms with Crippen LogP contribution in [0.5, 0.6) is 0 Å². The van der Waals surface area contributed by atoms with Gasteiger partial charge >= 0.3 is 0 Å². The predicted octanol–water partition coefficient (Wildman–Crippen LogP) is 3.81. The first-order valence-corrected chi connectivity index (χ1v) is 7.44. The fourth-order valence-electron chi connectivity index (χ4n) is 2.18. The second-order valence-electron chi connectivity index (χ2n) is 5.15. The molecule has 5 heteroatoms. The lowest BCUT2D eigenvalue weighted by Crippen LogP contribution is -2.29. The van der Waals surface area contributed by atoms with Crippen LogP contribution in [0.1, 0.15) is 17.2 Å². The molecule has 0 aliphatic heterocycles. The van der Waals surface area contributed by atoms with E-state index in [9.17, 15) is 0 Å². The standard InChI is InChI=1S/C16H19Cl2N3/c1-21(2)14-7-4-11(5-8-14)16(20-19)9-12-3-6-13(17)10-15(12)18/h3-8,10,16,20H,9,19H2,1-2H3. The quantitative estimate of drug-likeness (QED) is 0.649. The number of nitrogens with zero attached hydrogens (tertiary/aromatic N) is 1. The van der Waals surface area contributed by atoms with E-state index < -0.39 is 0 Å². The zero-order valence-corrected chi connectivity index (χ0v) is 13.6. The Morgan fingerprint density at radius 3 is 2.29 bits per heavy atom. The SMILES string of the molecule is CN(C)c1ccc(C(Cc2ccc(Cl)cc2Cl)NN)cc1. The number of anilines is 1. The van der Waals surface area contributed by atoms with Crippen molar-refractivity contribution in [1.82, 2.24) is 5.43 Å². The Kier molecular flexibility index (Phi) is 5.48. The van der Waals surface area contributed by atoms with E-state index in [0.29, 0.717) is 16.5 Å². The lowest BCUT2D eigenvalue weighted by molar-refractivity contribution is 0.552. The van der Waals surface area contributed by atoms with Gasteiger partial charge in [0.1, 0.15) is 0 Å². The van der Waals surface area contributed by atoms with E-state index in [4.69, 9.17) is 29.0 Å². The average Bonchev–Trinajstić information content (AvgIpc) is 2.47. The zero-order chi connectivity index (χ0) is 15.4. The van der Waals surface area contributed by atoms with Crippen LogP contribution in [-0.4, -0.2) is 14.1 Å². The monoisotopic (exact) mass is 323 g/mol. The first-order valence-electron chi connectivity index (χ1n) is 6.68. The van der Waals surface area contributed by atoms with Crippen LogP contribution in [0.25, 0.3) is 0 Å². The van der Waals surface area contributed by atoms with Gasteiger partial charge in [0.15, 0.2) is 0 Å². The minimum atomic E-state index is -0.000104. The maximum Gasteiger partial charge on any atom is 0.0500 e. The first kappa shape index (κ1) is 16.1. The van der Waals surface area contributed by atoms with E-state index >= 15 is 0 Å². The van der Waals surface area contributed by atoms with Gasteiger partial charge in [0.25, 0.3) is 0 Å². The maximum atomic E-state index is 6.23. The molecule has 0 spiro atoms. The Morgan fingerprint density at radius 1 is 1.10 bits per heavy atom. The fourth-order valence-corrected chi connectivity index (χ4v) is 2.67. The van der Waals surface area contributed by atoms with Gasteiger partial charge in [-0.05, 0) is 41.8 Å². The van der Waals surface area contributed by atoms with Crippen molar-refractivity contribution in [3.05, 3.63) is 63.6 Å². The summed E-state index contributed by atoms with van der Waals surface area (Å²) in [6, 6.07) is 13.8. The second-order valence-corrected chi connectivity index (χ2v) is 5.99. The molecule has 0 bridgehead atoms. The van der Waals surface area contributed by atoms with Crippen LogP contribution in [-0.2, 0) is 6.42 Å². The Bertz CT molecular complexity index is 597. The number of benzene rings is 2. The third-order valence-electron chi connectivity index (χ3n) is 3.45. The summed E-state index contributed by atoms with van der Waals surface area (Å²) in [7, 11) is 4.03. The molecule has 0 aliphatic rings. The van der Waals surface area contributed by atoms with Gasteiger partial charge in [0.2, 0.25) is 0 Å². The molecular weight excluding hydrogens is 305 g/mol. The predicted molar refractivity (Wildman–Crippen MR) is 91.0 cm³/mol. The second kappa shape index (κ2) is 7.14. The lowest BCUT2D eigenvalue weighted by Gasteiger charge is -2.19. The Labute approximate surface area is 135 Å². The summed E-state index contributed by atoms with van der Waals surface area (Å²) in [5.74, 6) is 5.70. The molecule has 3 N–H and O–H groups in total. The van der Waals surface area contributed by atoms with Crippen LogP contribution < -0.4 is 16.2 Å². The molecule has 2 aromatic rings. The summed E-state index contributed by atoms with van der Waals surface area (Å²) in [6.45, 7) is 0. The molecule has 112 valence electrons. The Balaban J connectivity index is 2.19.